The fourth-order valence-corrected chi connectivity index (χ4v) is 3.82. The molecule has 0 saturated carbocycles. The summed E-state index contributed by atoms with van der Waals surface area (Å²) in [6, 6.07) is 13.1. The molecule has 148 valence electrons. The third-order valence-corrected chi connectivity index (χ3v) is 5.43. The van der Waals surface area contributed by atoms with Crippen LogP contribution in [0.5, 0.6) is 0 Å². The highest BCUT2D eigenvalue weighted by Gasteiger charge is 2.32. The number of pyridine rings is 1. The van der Waals surface area contributed by atoms with Gasteiger partial charge in [-0.25, -0.2) is 4.39 Å². The molecular weight excluding hydrogens is 373 g/mol. The van der Waals surface area contributed by atoms with Crippen molar-refractivity contribution in [2.24, 2.45) is 11.7 Å². The summed E-state index contributed by atoms with van der Waals surface area (Å²) in [5.41, 5.74) is 7.57. The van der Waals surface area contributed by atoms with Gasteiger partial charge in [-0.3, -0.25) is 14.4 Å². The highest BCUT2D eigenvalue weighted by molar-refractivity contribution is 6.43. The number of hydrogen-bond donors (Lipinski definition) is 1. The molecule has 6 nitrogen and oxygen atoms in total. The maximum atomic E-state index is 13.4. The van der Waals surface area contributed by atoms with Gasteiger partial charge < -0.3 is 15.0 Å². The lowest BCUT2D eigenvalue weighted by Crippen LogP contribution is -2.44. The number of Topliss-reactive ketones (excluding diaryl/α,β-unsaturated/α-hetero) is 1. The van der Waals surface area contributed by atoms with Crippen LogP contribution in [-0.2, 0) is 9.59 Å². The van der Waals surface area contributed by atoms with Crippen LogP contribution in [0.3, 0.4) is 0 Å². The van der Waals surface area contributed by atoms with Gasteiger partial charge in [0.1, 0.15) is 11.5 Å². The number of hydrogen-bond acceptors (Lipinski definition) is 3. The predicted molar refractivity (Wildman–Crippen MR) is 106 cm³/mol. The average molecular weight is 393 g/mol. The fraction of sp³-hybridized carbons (Fsp3) is 0.227. The number of amides is 2. The zero-order valence-electron chi connectivity index (χ0n) is 15.7. The average Bonchev–Trinajstić information content (AvgIpc) is 3.12. The number of rotatable bonds is 4. The van der Waals surface area contributed by atoms with E-state index in [1.807, 2.05) is 18.2 Å². The van der Waals surface area contributed by atoms with Crippen LogP contribution in [-0.4, -0.2) is 40.0 Å². The van der Waals surface area contributed by atoms with Crippen LogP contribution < -0.4 is 5.73 Å². The van der Waals surface area contributed by atoms with E-state index in [0.29, 0.717) is 37.1 Å². The van der Waals surface area contributed by atoms with Gasteiger partial charge in [-0.2, -0.15) is 0 Å². The third-order valence-electron chi connectivity index (χ3n) is 5.43. The van der Waals surface area contributed by atoms with Gasteiger partial charge in [-0.1, -0.05) is 18.2 Å². The number of fused-ring (bicyclic) bond motifs is 1. The Morgan fingerprint density at radius 3 is 2.34 bits per heavy atom. The first-order valence-corrected chi connectivity index (χ1v) is 9.44. The second kappa shape index (κ2) is 7.50. The summed E-state index contributed by atoms with van der Waals surface area (Å²) >= 11 is 0. The number of carbonyl (C=O) groups is 3. The standard InChI is InChI=1S/C22H20FN3O3/c23-16-6-4-14(5-7-16)18-13-17-3-1-2-10-26(17)19(18)20(27)22(29)25-11-8-15(9-12-25)21(24)28/h1-7,10,13,15H,8-9,11-12H2,(H2,24,28). The molecule has 1 saturated heterocycles. The lowest BCUT2D eigenvalue weighted by molar-refractivity contribution is -0.131. The van der Waals surface area contributed by atoms with Crippen LogP contribution in [0.4, 0.5) is 4.39 Å². The molecule has 7 heteroatoms. The first-order chi connectivity index (χ1) is 14.0. The molecule has 0 aliphatic carbocycles. The number of likely N-dealkylation sites (tertiary alicyclic amines) is 1. The summed E-state index contributed by atoms with van der Waals surface area (Å²) in [6.07, 6.45) is 2.63. The molecule has 0 radical (unpaired) electrons. The molecule has 1 aromatic carbocycles. The summed E-state index contributed by atoms with van der Waals surface area (Å²) in [5, 5.41) is 0. The molecule has 4 rings (SSSR count). The van der Waals surface area contributed by atoms with E-state index in [2.05, 4.69) is 0 Å². The van der Waals surface area contributed by atoms with Crippen molar-refractivity contribution in [3.8, 4) is 11.1 Å². The Hall–Kier alpha value is -3.48. The first kappa shape index (κ1) is 18.9. The van der Waals surface area contributed by atoms with Crippen molar-refractivity contribution in [1.29, 1.82) is 0 Å². The number of nitrogens with two attached hydrogens (primary N) is 1. The number of aromatic nitrogens is 1. The Morgan fingerprint density at radius 2 is 1.69 bits per heavy atom. The van der Waals surface area contributed by atoms with E-state index in [4.69, 9.17) is 5.73 Å². The van der Waals surface area contributed by atoms with Gasteiger partial charge in [0.15, 0.2) is 0 Å². The topological polar surface area (TPSA) is 84.9 Å². The van der Waals surface area contributed by atoms with Crippen LogP contribution in [0.25, 0.3) is 16.6 Å². The molecule has 1 fully saturated rings. The minimum absolute atomic E-state index is 0.245. The monoisotopic (exact) mass is 393 g/mol. The maximum absolute atomic E-state index is 13.4. The zero-order chi connectivity index (χ0) is 20.5. The Balaban J connectivity index is 1.70. The zero-order valence-corrected chi connectivity index (χ0v) is 15.7. The second-order valence-corrected chi connectivity index (χ2v) is 7.21. The molecule has 2 amide bonds. The van der Waals surface area contributed by atoms with Gasteiger partial charge in [0.2, 0.25) is 5.91 Å². The number of piperidine rings is 1. The Bertz CT molecular complexity index is 1100. The van der Waals surface area contributed by atoms with Crippen molar-refractivity contribution < 1.29 is 18.8 Å². The van der Waals surface area contributed by atoms with Crippen LogP contribution >= 0.6 is 0 Å². The normalized spacial score (nSPS) is 14.9. The molecule has 29 heavy (non-hydrogen) atoms. The van der Waals surface area contributed by atoms with E-state index in [1.165, 1.54) is 17.0 Å². The molecule has 0 bridgehead atoms. The van der Waals surface area contributed by atoms with Gasteiger partial charge in [-0.05, 0) is 48.7 Å². The Labute approximate surface area is 166 Å². The first-order valence-electron chi connectivity index (χ1n) is 9.44. The van der Waals surface area contributed by atoms with Crippen molar-refractivity contribution in [1.82, 2.24) is 9.30 Å². The van der Waals surface area contributed by atoms with E-state index < -0.39 is 11.7 Å². The summed E-state index contributed by atoms with van der Waals surface area (Å²) in [4.78, 5) is 39.0. The molecule has 3 aromatic rings. The minimum atomic E-state index is -0.631. The van der Waals surface area contributed by atoms with Gasteiger partial charge in [0, 0.05) is 36.3 Å². The quantitative estimate of drug-likeness (QED) is 0.546. The number of nitrogens with zero attached hydrogens (tertiary/aromatic N) is 2. The molecule has 2 N–H and O–H groups in total. The summed E-state index contributed by atoms with van der Waals surface area (Å²) in [5.74, 6) is -2.26. The van der Waals surface area contributed by atoms with Crippen molar-refractivity contribution in [3.63, 3.8) is 0 Å². The smallest absolute Gasteiger partial charge is 0.296 e. The van der Waals surface area contributed by atoms with E-state index in [1.54, 1.807) is 28.8 Å². The molecule has 0 spiro atoms. The van der Waals surface area contributed by atoms with E-state index >= 15 is 0 Å². The Morgan fingerprint density at radius 1 is 1.00 bits per heavy atom. The molecule has 0 atom stereocenters. The van der Waals surface area contributed by atoms with Gasteiger partial charge in [0.25, 0.3) is 11.7 Å². The molecule has 1 aliphatic heterocycles. The van der Waals surface area contributed by atoms with Crippen molar-refractivity contribution in [2.75, 3.05) is 13.1 Å². The number of primary amides is 1. The SMILES string of the molecule is NC(=O)C1CCN(C(=O)C(=O)c2c(-c3ccc(F)cc3)cc3ccccn23)CC1. The van der Waals surface area contributed by atoms with Crippen molar-refractivity contribution in [3.05, 3.63) is 66.2 Å². The minimum Gasteiger partial charge on any atom is -0.369 e. The lowest BCUT2D eigenvalue weighted by Gasteiger charge is -2.30. The fourth-order valence-electron chi connectivity index (χ4n) is 3.82. The van der Waals surface area contributed by atoms with E-state index in [9.17, 15) is 18.8 Å². The van der Waals surface area contributed by atoms with Crippen molar-refractivity contribution in [2.45, 2.75) is 12.8 Å². The number of benzene rings is 1. The highest BCUT2D eigenvalue weighted by atomic mass is 19.1. The summed E-state index contributed by atoms with van der Waals surface area (Å²) < 4.78 is 15.0. The van der Waals surface area contributed by atoms with Crippen molar-refractivity contribution >= 4 is 23.1 Å². The highest BCUT2D eigenvalue weighted by Crippen LogP contribution is 2.29. The lowest BCUT2D eigenvalue weighted by atomic mass is 9.95. The van der Waals surface area contributed by atoms with E-state index in [0.717, 1.165) is 5.52 Å². The maximum Gasteiger partial charge on any atom is 0.296 e. The molecule has 2 aromatic heterocycles. The van der Waals surface area contributed by atoms with Crippen LogP contribution in [0.1, 0.15) is 23.3 Å². The molecule has 3 heterocycles. The van der Waals surface area contributed by atoms with Gasteiger partial charge in [-0.15, -0.1) is 0 Å². The largest absolute Gasteiger partial charge is 0.369 e. The Kier molecular flexibility index (Phi) is 4.88. The third kappa shape index (κ3) is 3.51. The second-order valence-electron chi connectivity index (χ2n) is 7.21. The molecule has 0 unspecified atom stereocenters. The van der Waals surface area contributed by atoms with Gasteiger partial charge in [0.05, 0.1) is 0 Å². The molecular formula is C22H20FN3O3. The number of carbonyl (C=O) groups excluding carboxylic acids is 3. The van der Waals surface area contributed by atoms with Gasteiger partial charge >= 0.3 is 0 Å². The predicted octanol–water partition coefficient (Wildman–Crippen LogP) is 2.65. The summed E-state index contributed by atoms with van der Waals surface area (Å²) in [7, 11) is 0. The number of halogens is 1. The number of ketones is 1. The summed E-state index contributed by atoms with van der Waals surface area (Å²) in [6.45, 7) is 0.626. The van der Waals surface area contributed by atoms with E-state index in [-0.39, 0.29) is 23.3 Å². The van der Waals surface area contributed by atoms with Crippen LogP contribution in [0.2, 0.25) is 0 Å². The van der Waals surface area contributed by atoms with Crippen LogP contribution in [0.15, 0.2) is 54.7 Å². The molecule has 1 aliphatic rings. The van der Waals surface area contributed by atoms with Crippen LogP contribution in [0, 0.1) is 11.7 Å².